The number of hydrogen-bond donors (Lipinski definition) is 5. The Labute approximate surface area is 235 Å². The Bertz CT molecular complexity index is 1510. The van der Waals surface area contributed by atoms with Gasteiger partial charge in [-0.15, -0.1) is 0 Å². The number of phenols is 4. The van der Waals surface area contributed by atoms with Crippen LogP contribution in [0.1, 0.15) is 44.7 Å². The summed E-state index contributed by atoms with van der Waals surface area (Å²) < 4.78 is 23.2. The van der Waals surface area contributed by atoms with Crippen molar-refractivity contribution < 1.29 is 48.5 Å². The van der Waals surface area contributed by atoms with Crippen molar-refractivity contribution in [2.45, 2.75) is 25.7 Å². The van der Waals surface area contributed by atoms with Crippen LogP contribution in [0.2, 0.25) is 0 Å². The van der Waals surface area contributed by atoms with E-state index in [0.717, 1.165) is 12.1 Å². The predicted octanol–water partition coefficient (Wildman–Crippen LogP) is 5.70. The highest BCUT2D eigenvalue weighted by Crippen LogP contribution is 2.44. The molecule has 4 rings (SSSR count). The molecular weight excluding hydrogens is 551 g/mol. The summed E-state index contributed by atoms with van der Waals surface area (Å²) in [6, 6.07) is 20.0. The maximum atomic E-state index is 12.7. The normalized spacial score (nSPS) is 11.1. The minimum absolute atomic E-state index is 0.0384. The third-order valence-electron chi connectivity index (χ3n) is 6.08. The van der Waals surface area contributed by atoms with E-state index in [2.05, 4.69) is 0 Å². The molecule has 0 fully saturated rings. The first-order chi connectivity index (χ1) is 19.5. The number of rotatable bonds is 12. The van der Waals surface area contributed by atoms with Crippen LogP contribution in [0, 0.1) is 0 Å². The standard InChI is InChI=1S/C30H27O10P/c31-21-9-11-25(29(35)17-21)27(33)13-7-19-3-1-5-23(15-19)39-41(37,38)40-24-6-2-4-20(16-24)8-14-28(34)26-12-10-22(32)18-30(26)36/h1-6,9-12,15-18,31-32,35-36H,7-8,13-14H2,(H,37,38). The molecule has 212 valence electrons. The van der Waals surface area contributed by atoms with E-state index in [0.29, 0.717) is 11.1 Å². The van der Waals surface area contributed by atoms with Crippen LogP contribution in [0.25, 0.3) is 0 Å². The number of aromatic hydroxyl groups is 4. The number of carbonyl (C=O) groups excluding carboxylic acids is 2. The Morgan fingerprint density at radius 3 is 1.41 bits per heavy atom. The zero-order valence-corrected chi connectivity index (χ0v) is 22.5. The summed E-state index contributed by atoms with van der Waals surface area (Å²) in [5.41, 5.74) is 1.43. The average molecular weight is 579 g/mol. The molecule has 0 aliphatic heterocycles. The van der Waals surface area contributed by atoms with Crippen LogP contribution in [0.5, 0.6) is 34.5 Å². The van der Waals surface area contributed by atoms with Crippen LogP contribution < -0.4 is 9.05 Å². The maximum absolute atomic E-state index is 12.7. The fourth-order valence-electron chi connectivity index (χ4n) is 4.10. The third-order valence-corrected chi connectivity index (χ3v) is 6.97. The van der Waals surface area contributed by atoms with E-state index in [-0.39, 0.29) is 82.9 Å². The molecule has 0 saturated carbocycles. The van der Waals surface area contributed by atoms with Crippen molar-refractivity contribution in [3.05, 3.63) is 107 Å². The number of Topliss-reactive ketones (excluding diaryl/α,β-unsaturated/α-hetero) is 2. The molecule has 0 heterocycles. The first-order valence-corrected chi connectivity index (χ1v) is 14.0. The molecule has 4 aromatic rings. The Morgan fingerprint density at radius 2 is 1.02 bits per heavy atom. The highest BCUT2D eigenvalue weighted by atomic mass is 31.2. The van der Waals surface area contributed by atoms with Crippen LogP contribution in [0.4, 0.5) is 0 Å². The zero-order chi connectivity index (χ0) is 29.6. The molecule has 10 nitrogen and oxygen atoms in total. The minimum atomic E-state index is -4.62. The summed E-state index contributed by atoms with van der Waals surface area (Å²) in [5.74, 6) is -1.55. The molecule has 0 bridgehead atoms. The monoisotopic (exact) mass is 578 g/mol. The van der Waals surface area contributed by atoms with Crippen LogP contribution in [0.15, 0.2) is 84.9 Å². The van der Waals surface area contributed by atoms with Crippen molar-refractivity contribution >= 4 is 19.4 Å². The van der Waals surface area contributed by atoms with Gasteiger partial charge in [-0.05, 0) is 72.5 Å². The number of hydrogen-bond acceptors (Lipinski definition) is 9. The summed E-state index contributed by atoms with van der Waals surface area (Å²) in [6.07, 6.45) is 0.596. The highest BCUT2D eigenvalue weighted by Gasteiger charge is 2.25. The van der Waals surface area contributed by atoms with E-state index in [1.807, 2.05) is 0 Å². The van der Waals surface area contributed by atoms with E-state index in [4.69, 9.17) is 9.05 Å². The van der Waals surface area contributed by atoms with Gasteiger partial charge in [0.25, 0.3) is 0 Å². The smallest absolute Gasteiger partial charge is 0.508 e. The maximum Gasteiger partial charge on any atom is 0.584 e. The molecule has 5 N–H and O–H groups in total. The number of phosphoric ester groups is 1. The summed E-state index contributed by atoms with van der Waals surface area (Å²) in [4.78, 5) is 35.3. The number of benzene rings is 4. The van der Waals surface area contributed by atoms with Gasteiger partial charge in [-0.1, -0.05) is 24.3 Å². The molecule has 4 aromatic carbocycles. The molecule has 0 unspecified atom stereocenters. The zero-order valence-electron chi connectivity index (χ0n) is 21.6. The largest absolute Gasteiger partial charge is 0.584 e. The second-order valence-corrected chi connectivity index (χ2v) is 10.5. The lowest BCUT2D eigenvalue weighted by Gasteiger charge is -2.15. The van der Waals surface area contributed by atoms with Gasteiger partial charge in [0, 0.05) is 25.0 Å². The first kappa shape index (κ1) is 29.2. The Kier molecular flexibility index (Phi) is 8.97. The van der Waals surface area contributed by atoms with Gasteiger partial charge in [0.2, 0.25) is 0 Å². The summed E-state index contributed by atoms with van der Waals surface area (Å²) in [7, 11) is -4.62. The number of carbonyl (C=O) groups is 2. The summed E-state index contributed by atoms with van der Waals surface area (Å²) in [5, 5.41) is 38.5. The van der Waals surface area contributed by atoms with Gasteiger partial charge in [-0.25, -0.2) is 4.57 Å². The SMILES string of the molecule is O=C(CCc1cccc(OP(=O)(O)Oc2cccc(CCC(=O)c3ccc(O)cc3O)c2)c1)c1ccc(O)cc1O. The first-order valence-electron chi connectivity index (χ1n) is 12.5. The Hall–Kier alpha value is -4.79. The van der Waals surface area contributed by atoms with Crippen LogP contribution >= 0.6 is 7.82 Å². The van der Waals surface area contributed by atoms with Crippen molar-refractivity contribution in [2.75, 3.05) is 0 Å². The molecule has 0 aliphatic carbocycles. The lowest BCUT2D eigenvalue weighted by Crippen LogP contribution is -2.03. The lowest BCUT2D eigenvalue weighted by molar-refractivity contribution is 0.0971. The minimum Gasteiger partial charge on any atom is -0.508 e. The van der Waals surface area contributed by atoms with E-state index in [9.17, 15) is 39.5 Å². The highest BCUT2D eigenvalue weighted by molar-refractivity contribution is 7.48. The van der Waals surface area contributed by atoms with E-state index >= 15 is 0 Å². The average Bonchev–Trinajstić information content (AvgIpc) is 2.90. The number of aryl methyl sites for hydroxylation is 2. The molecule has 0 spiro atoms. The molecule has 0 amide bonds. The molecule has 0 atom stereocenters. The van der Waals surface area contributed by atoms with E-state index in [1.54, 1.807) is 24.3 Å². The number of phosphoric acid groups is 1. The molecular formula is C30H27O10P. The Balaban J connectivity index is 1.34. The van der Waals surface area contributed by atoms with Gasteiger partial charge < -0.3 is 29.5 Å². The number of phenolic OH excluding ortho intramolecular Hbond substituents is 4. The quantitative estimate of drug-likeness (QED) is 0.104. The van der Waals surface area contributed by atoms with Gasteiger partial charge in [0.15, 0.2) is 11.6 Å². The summed E-state index contributed by atoms with van der Waals surface area (Å²) >= 11 is 0. The summed E-state index contributed by atoms with van der Waals surface area (Å²) in [6.45, 7) is 0. The molecule has 11 heteroatoms. The van der Waals surface area contributed by atoms with Crippen molar-refractivity contribution in [1.82, 2.24) is 0 Å². The number of ketones is 2. The second kappa shape index (κ2) is 12.6. The molecule has 0 radical (unpaired) electrons. The molecule has 0 aliphatic rings. The van der Waals surface area contributed by atoms with Crippen LogP contribution in [-0.2, 0) is 17.4 Å². The Morgan fingerprint density at radius 1 is 0.610 bits per heavy atom. The third kappa shape index (κ3) is 8.11. The van der Waals surface area contributed by atoms with Gasteiger partial charge in [0.1, 0.15) is 34.5 Å². The lowest BCUT2D eigenvalue weighted by atomic mass is 10.0. The topological polar surface area (TPSA) is 171 Å². The molecule has 0 saturated heterocycles. The van der Waals surface area contributed by atoms with E-state index < -0.39 is 7.82 Å². The predicted molar refractivity (Wildman–Crippen MR) is 149 cm³/mol. The van der Waals surface area contributed by atoms with Gasteiger partial charge in [-0.2, -0.15) is 0 Å². The van der Waals surface area contributed by atoms with Gasteiger partial charge >= 0.3 is 7.82 Å². The van der Waals surface area contributed by atoms with Gasteiger partial charge in [0.05, 0.1) is 11.1 Å². The van der Waals surface area contributed by atoms with Crippen LogP contribution in [-0.4, -0.2) is 36.9 Å². The molecule has 0 aromatic heterocycles. The van der Waals surface area contributed by atoms with Gasteiger partial charge in [-0.3, -0.25) is 14.5 Å². The fraction of sp³-hybridized carbons (Fsp3) is 0.133. The van der Waals surface area contributed by atoms with Crippen molar-refractivity contribution in [2.24, 2.45) is 0 Å². The second-order valence-electron chi connectivity index (χ2n) is 9.20. The van der Waals surface area contributed by atoms with Crippen molar-refractivity contribution in [3.63, 3.8) is 0 Å². The van der Waals surface area contributed by atoms with Crippen LogP contribution in [0.3, 0.4) is 0 Å². The fourth-order valence-corrected chi connectivity index (χ4v) is 4.89. The van der Waals surface area contributed by atoms with E-state index in [1.165, 1.54) is 48.5 Å². The van der Waals surface area contributed by atoms with Crippen molar-refractivity contribution in [1.29, 1.82) is 0 Å². The van der Waals surface area contributed by atoms with Crippen molar-refractivity contribution in [3.8, 4) is 34.5 Å². The molecule has 41 heavy (non-hydrogen) atoms.